The van der Waals surface area contributed by atoms with E-state index in [1.807, 2.05) is 0 Å². The molecule has 1 fully saturated rings. The van der Waals surface area contributed by atoms with Crippen LogP contribution in [0, 0.1) is 16.7 Å². The molecule has 0 heterocycles. The van der Waals surface area contributed by atoms with Crippen LogP contribution in [-0.2, 0) is 0 Å². The Bertz CT molecular complexity index is 159. The van der Waals surface area contributed by atoms with Crippen molar-refractivity contribution in [3.63, 3.8) is 0 Å². The van der Waals surface area contributed by atoms with Gasteiger partial charge in [0.2, 0.25) is 0 Å². The lowest BCUT2D eigenvalue weighted by atomic mass is 9.68. The van der Waals surface area contributed by atoms with E-state index in [0.717, 1.165) is 6.54 Å². The minimum atomic E-state index is 0.546. The van der Waals surface area contributed by atoms with Crippen LogP contribution < -0.4 is 5.32 Å². The summed E-state index contributed by atoms with van der Waals surface area (Å²) in [4.78, 5) is 0. The van der Waals surface area contributed by atoms with Crippen molar-refractivity contribution in [1.29, 1.82) is 5.26 Å². The summed E-state index contributed by atoms with van der Waals surface area (Å²) in [6.45, 7) is 5.43. The lowest BCUT2D eigenvalue weighted by molar-refractivity contribution is 0.127. The third kappa shape index (κ3) is 2.51. The van der Waals surface area contributed by atoms with Crippen LogP contribution in [0.15, 0.2) is 0 Å². The summed E-state index contributed by atoms with van der Waals surface area (Å²) < 4.78 is 0. The predicted molar refractivity (Wildman–Crippen MR) is 45.0 cm³/mol. The quantitative estimate of drug-likeness (QED) is 0.624. The molecule has 62 valence electrons. The third-order valence-corrected chi connectivity index (χ3v) is 2.27. The molecule has 11 heavy (non-hydrogen) atoms. The van der Waals surface area contributed by atoms with Gasteiger partial charge in [0.05, 0.1) is 6.07 Å². The highest BCUT2D eigenvalue weighted by Crippen LogP contribution is 2.39. The zero-order chi connectivity index (χ0) is 8.32. The normalized spacial score (nSPS) is 22.3. The van der Waals surface area contributed by atoms with Crippen LogP contribution in [0.5, 0.6) is 0 Å². The Labute approximate surface area is 68.6 Å². The lowest BCUT2D eigenvalue weighted by Crippen LogP contribution is -2.46. The molecule has 0 aromatic rings. The molecule has 2 heteroatoms. The van der Waals surface area contributed by atoms with Gasteiger partial charge in [-0.3, -0.25) is 0 Å². The van der Waals surface area contributed by atoms with Crippen molar-refractivity contribution in [2.45, 2.75) is 39.2 Å². The van der Waals surface area contributed by atoms with Crippen LogP contribution in [0.2, 0.25) is 0 Å². The van der Waals surface area contributed by atoms with Crippen molar-refractivity contribution in [2.24, 2.45) is 5.41 Å². The first-order valence-corrected chi connectivity index (χ1v) is 4.24. The van der Waals surface area contributed by atoms with Gasteiger partial charge in [0, 0.05) is 19.0 Å². The van der Waals surface area contributed by atoms with E-state index in [1.165, 1.54) is 12.8 Å². The SMILES string of the molecule is CC1(C)CC(NCCC#N)C1. The summed E-state index contributed by atoms with van der Waals surface area (Å²) in [7, 11) is 0. The zero-order valence-electron chi connectivity index (χ0n) is 7.35. The Morgan fingerprint density at radius 1 is 1.55 bits per heavy atom. The van der Waals surface area contributed by atoms with E-state index in [-0.39, 0.29) is 0 Å². The van der Waals surface area contributed by atoms with E-state index in [4.69, 9.17) is 5.26 Å². The maximum absolute atomic E-state index is 8.28. The molecule has 1 N–H and O–H groups in total. The molecule has 0 amide bonds. The van der Waals surface area contributed by atoms with Crippen molar-refractivity contribution in [2.75, 3.05) is 6.54 Å². The maximum Gasteiger partial charge on any atom is 0.0635 e. The summed E-state index contributed by atoms with van der Waals surface area (Å²) in [5, 5.41) is 11.6. The third-order valence-electron chi connectivity index (χ3n) is 2.27. The molecule has 0 aromatic heterocycles. The van der Waals surface area contributed by atoms with Gasteiger partial charge in [0.1, 0.15) is 0 Å². The molecule has 0 saturated heterocycles. The van der Waals surface area contributed by atoms with Crippen molar-refractivity contribution in [3.8, 4) is 6.07 Å². The van der Waals surface area contributed by atoms with E-state index in [0.29, 0.717) is 17.9 Å². The highest BCUT2D eigenvalue weighted by atomic mass is 14.9. The Hall–Kier alpha value is -0.550. The molecule has 0 unspecified atom stereocenters. The van der Waals surface area contributed by atoms with Gasteiger partial charge in [-0.05, 0) is 18.3 Å². The fraction of sp³-hybridized carbons (Fsp3) is 0.889. The molecule has 2 nitrogen and oxygen atoms in total. The number of nitrogens with zero attached hydrogens (tertiary/aromatic N) is 1. The van der Waals surface area contributed by atoms with Gasteiger partial charge in [-0.1, -0.05) is 13.8 Å². The van der Waals surface area contributed by atoms with Crippen molar-refractivity contribution in [3.05, 3.63) is 0 Å². The van der Waals surface area contributed by atoms with Gasteiger partial charge in [-0.2, -0.15) is 5.26 Å². The van der Waals surface area contributed by atoms with Gasteiger partial charge in [-0.15, -0.1) is 0 Å². The number of nitrogens with one attached hydrogen (secondary N) is 1. The zero-order valence-corrected chi connectivity index (χ0v) is 7.35. The summed E-state index contributed by atoms with van der Waals surface area (Å²) in [6, 6.07) is 2.81. The molecule has 0 spiro atoms. The Morgan fingerprint density at radius 2 is 2.18 bits per heavy atom. The van der Waals surface area contributed by atoms with E-state index < -0.39 is 0 Å². The summed E-state index contributed by atoms with van der Waals surface area (Å²) in [6.07, 6.45) is 3.16. The predicted octanol–water partition coefficient (Wildman–Crippen LogP) is 1.68. The lowest BCUT2D eigenvalue weighted by Gasteiger charge is -2.43. The monoisotopic (exact) mass is 152 g/mol. The van der Waals surface area contributed by atoms with Crippen LogP contribution >= 0.6 is 0 Å². The topological polar surface area (TPSA) is 35.8 Å². The van der Waals surface area contributed by atoms with Crippen LogP contribution in [-0.4, -0.2) is 12.6 Å². The molecule has 1 saturated carbocycles. The first-order valence-electron chi connectivity index (χ1n) is 4.24. The van der Waals surface area contributed by atoms with Crippen molar-refractivity contribution < 1.29 is 0 Å². The number of hydrogen-bond acceptors (Lipinski definition) is 2. The average Bonchev–Trinajstić information content (AvgIpc) is 1.84. The minimum absolute atomic E-state index is 0.546. The summed E-state index contributed by atoms with van der Waals surface area (Å²) >= 11 is 0. The second-order valence-electron chi connectivity index (χ2n) is 4.13. The number of hydrogen-bond donors (Lipinski definition) is 1. The van der Waals surface area contributed by atoms with Crippen LogP contribution in [0.25, 0.3) is 0 Å². The largest absolute Gasteiger partial charge is 0.313 e. The fourth-order valence-corrected chi connectivity index (χ4v) is 1.75. The number of rotatable bonds is 3. The molecule has 0 bridgehead atoms. The second-order valence-corrected chi connectivity index (χ2v) is 4.13. The Kier molecular flexibility index (Phi) is 2.51. The van der Waals surface area contributed by atoms with Crippen molar-refractivity contribution >= 4 is 0 Å². The molecule has 0 atom stereocenters. The highest BCUT2D eigenvalue weighted by Gasteiger charge is 2.35. The Morgan fingerprint density at radius 3 is 2.64 bits per heavy atom. The van der Waals surface area contributed by atoms with E-state index >= 15 is 0 Å². The molecule has 0 aliphatic heterocycles. The maximum atomic E-state index is 8.28. The molecular weight excluding hydrogens is 136 g/mol. The molecule has 1 aliphatic rings. The smallest absolute Gasteiger partial charge is 0.0635 e. The highest BCUT2D eigenvalue weighted by molar-refractivity contribution is 4.91. The van der Waals surface area contributed by atoms with E-state index in [2.05, 4.69) is 25.2 Å². The molecule has 1 rings (SSSR count). The van der Waals surface area contributed by atoms with Gasteiger partial charge in [0.25, 0.3) is 0 Å². The van der Waals surface area contributed by atoms with Gasteiger partial charge >= 0.3 is 0 Å². The van der Waals surface area contributed by atoms with Crippen LogP contribution in [0.4, 0.5) is 0 Å². The van der Waals surface area contributed by atoms with E-state index in [9.17, 15) is 0 Å². The average molecular weight is 152 g/mol. The fourth-order valence-electron chi connectivity index (χ4n) is 1.75. The number of nitriles is 1. The molecular formula is C9H16N2. The standard InChI is InChI=1S/C9H16N2/c1-9(2)6-8(7-9)11-5-3-4-10/h8,11H,3,5-7H2,1-2H3. The summed E-state index contributed by atoms with van der Waals surface area (Å²) in [5.74, 6) is 0. The van der Waals surface area contributed by atoms with Gasteiger partial charge in [-0.25, -0.2) is 0 Å². The van der Waals surface area contributed by atoms with Gasteiger partial charge in [0.15, 0.2) is 0 Å². The molecule has 0 radical (unpaired) electrons. The van der Waals surface area contributed by atoms with E-state index in [1.54, 1.807) is 0 Å². The molecule has 1 aliphatic carbocycles. The van der Waals surface area contributed by atoms with Crippen LogP contribution in [0.1, 0.15) is 33.1 Å². The van der Waals surface area contributed by atoms with Crippen LogP contribution in [0.3, 0.4) is 0 Å². The first kappa shape index (κ1) is 8.55. The molecule has 0 aromatic carbocycles. The van der Waals surface area contributed by atoms with Gasteiger partial charge < -0.3 is 5.32 Å². The second kappa shape index (κ2) is 3.23. The summed E-state index contributed by atoms with van der Waals surface area (Å²) in [5.41, 5.74) is 0.546. The minimum Gasteiger partial charge on any atom is -0.313 e. The Balaban J connectivity index is 2.01. The first-order chi connectivity index (χ1) is 5.14. The van der Waals surface area contributed by atoms with Crippen molar-refractivity contribution in [1.82, 2.24) is 5.32 Å².